The molecule has 2 aromatic rings. The molecule has 0 spiro atoms. The molecule has 102 valence electrons. The molecule has 1 aliphatic heterocycles. The quantitative estimate of drug-likeness (QED) is 0.725. The van der Waals surface area contributed by atoms with Gasteiger partial charge in [-0.25, -0.2) is 0 Å². The third kappa shape index (κ3) is 2.86. The number of carbonyl (C=O) groups excluding carboxylic acids is 1. The van der Waals surface area contributed by atoms with Gasteiger partial charge in [-0.05, 0) is 24.1 Å². The maximum absolute atomic E-state index is 11.7. The minimum atomic E-state index is -1.08. The SMILES string of the molecule is CCCc1cccc2c1C(C(=O)[O-])c1ccccc1O2.[Na+]. The summed E-state index contributed by atoms with van der Waals surface area (Å²) in [5.41, 5.74) is 2.44. The molecule has 0 aromatic heterocycles. The minimum absolute atomic E-state index is 0. The van der Waals surface area contributed by atoms with Crippen LogP contribution in [0.1, 0.15) is 36.0 Å². The number of aryl methyl sites for hydroxylation is 1. The number of carboxylic acids is 1. The van der Waals surface area contributed by atoms with E-state index in [4.69, 9.17) is 4.74 Å². The molecule has 0 aliphatic carbocycles. The number of carboxylic acid groups (broad SMARTS) is 1. The molecule has 0 N–H and O–H groups in total. The molecule has 21 heavy (non-hydrogen) atoms. The summed E-state index contributed by atoms with van der Waals surface area (Å²) in [6.45, 7) is 2.07. The molecule has 4 heteroatoms. The van der Waals surface area contributed by atoms with Crippen LogP contribution in [0.4, 0.5) is 0 Å². The summed E-state index contributed by atoms with van der Waals surface area (Å²) in [6, 6.07) is 12.9. The molecule has 0 saturated heterocycles. The normalized spacial score (nSPS) is 15.2. The number of fused-ring (bicyclic) bond motifs is 2. The molecule has 1 unspecified atom stereocenters. The van der Waals surface area contributed by atoms with Crippen molar-refractivity contribution in [2.24, 2.45) is 0 Å². The van der Waals surface area contributed by atoms with E-state index in [1.54, 1.807) is 12.1 Å². The van der Waals surface area contributed by atoms with E-state index in [1.165, 1.54) is 0 Å². The number of ether oxygens (including phenoxy) is 1. The number of hydrogen-bond acceptors (Lipinski definition) is 3. The summed E-state index contributed by atoms with van der Waals surface area (Å²) >= 11 is 0. The van der Waals surface area contributed by atoms with E-state index in [9.17, 15) is 9.90 Å². The fourth-order valence-electron chi connectivity index (χ4n) is 2.82. The molecule has 3 rings (SSSR count). The molecule has 1 heterocycles. The van der Waals surface area contributed by atoms with Crippen LogP contribution < -0.4 is 39.4 Å². The summed E-state index contributed by atoms with van der Waals surface area (Å²) in [4.78, 5) is 11.7. The Balaban J connectivity index is 0.00000161. The van der Waals surface area contributed by atoms with Crippen LogP contribution in [0.25, 0.3) is 0 Å². The van der Waals surface area contributed by atoms with Gasteiger partial charge in [-0.2, -0.15) is 0 Å². The maximum Gasteiger partial charge on any atom is 1.00 e. The Kier molecular flexibility index (Phi) is 5.09. The molecule has 1 aliphatic rings. The molecular formula is C17H15NaO3. The Morgan fingerprint density at radius 3 is 2.57 bits per heavy atom. The van der Waals surface area contributed by atoms with Crippen LogP contribution >= 0.6 is 0 Å². The monoisotopic (exact) mass is 290 g/mol. The van der Waals surface area contributed by atoms with Crippen LogP contribution in [0.3, 0.4) is 0 Å². The predicted octanol–water partition coefficient (Wildman–Crippen LogP) is -0.369. The minimum Gasteiger partial charge on any atom is -0.549 e. The molecular weight excluding hydrogens is 275 g/mol. The summed E-state index contributed by atoms with van der Waals surface area (Å²) in [5, 5.41) is 11.7. The smallest absolute Gasteiger partial charge is 0.549 e. The average Bonchev–Trinajstić information content (AvgIpc) is 2.45. The van der Waals surface area contributed by atoms with Gasteiger partial charge in [-0.15, -0.1) is 0 Å². The van der Waals surface area contributed by atoms with Crippen molar-refractivity contribution in [1.82, 2.24) is 0 Å². The largest absolute Gasteiger partial charge is 1.00 e. The van der Waals surface area contributed by atoms with Gasteiger partial charge in [0.05, 0.1) is 11.9 Å². The summed E-state index contributed by atoms with van der Waals surface area (Å²) < 4.78 is 5.85. The average molecular weight is 290 g/mol. The van der Waals surface area contributed by atoms with E-state index in [0.717, 1.165) is 24.0 Å². The van der Waals surface area contributed by atoms with Crippen LogP contribution in [-0.4, -0.2) is 5.97 Å². The molecule has 1 atom stereocenters. The van der Waals surface area contributed by atoms with Gasteiger partial charge < -0.3 is 14.6 Å². The first-order valence-corrected chi connectivity index (χ1v) is 6.81. The summed E-state index contributed by atoms with van der Waals surface area (Å²) in [6.07, 6.45) is 1.79. The van der Waals surface area contributed by atoms with Gasteiger partial charge in [-0.3, -0.25) is 0 Å². The number of aliphatic carboxylic acids is 1. The van der Waals surface area contributed by atoms with E-state index in [0.29, 0.717) is 17.1 Å². The van der Waals surface area contributed by atoms with Crippen molar-refractivity contribution in [3.05, 3.63) is 59.2 Å². The van der Waals surface area contributed by atoms with Crippen LogP contribution in [0.2, 0.25) is 0 Å². The van der Waals surface area contributed by atoms with Gasteiger partial charge in [-0.1, -0.05) is 43.7 Å². The van der Waals surface area contributed by atoms with E-state index >= 15 is 0 Å². The number of rotatable bonds is 3. The molecule has 2 aromatic carbocycles. The standard InChI is InChI=1S/C17H16O3.Na/c1-2-6-11-7-5-10-14-15(11)16(17(18)19)12-8-3-4-9-13(12)20-14;/h3-5,7-10,16H,2,6H2,1H3,(H,18,19);/q;+1/p-1. The van der Waals surface area contributed by atoms with E-state index in [1.807, 2.05) is 30.3 Å². The number of hydrogen-bond donors (Lipinski definition) is 0. The Hall–Kier alpha value is -1.29. The second kappa shape index (κ2) is 6.65. The van der Waals surface area contributed by atoms with Gasteiger partial charge in [0.25, 0.3) is 0 Å². The summed E-state index contributed by atoms with van der Waals surface area (Å²) in [5.74, 6) is -0.602. The number of carbonyl (C=O) groups is 1. The van der Waals surface area contributed by atoms with Crippen LogP contribution in [0.5, 0.6) is 11.5 Å². The fraction of sp³-hybridized carbons (Fsp3) is 0.235. The molecule has 0 amide bonds. The predicted molar refractivity (Wildman–Crippen MR) is 73.8 cm³/mol. The molecule has 0 saturated carbocycles. The molecule has 0 bridgehead atoms. The zero-order valence-corrected chi connectivity index (χ0v) is 14.3. The third-order valence-corrected chi connectivity index (χ3v) is 3.65. The van der Waals surface area contributed by atoms with Crippen molar-refractivity contribution >= 4 is 5.97 Å². The fourth-order valence-corrected chi connectivity index (χ4v) is 2.82. The van der Waals surface area contributed by atoms with Crippen molar-refractivity contribution in [2.45, 2.75) is 25.7 Å². The van der Waals surface area contributed by atoms with E-state index < -0.39 is 11.9 Å². The Labute approximate surface area is 146 Å². The van der Waals surface area contributed by atoms with Crippen molar-refractivity contribution in [3.8, 4) is 11.5 Å². The Bertz CT molecular complexity index is 667. The second-order valence-electron chi connectivity index (χ2n) is 4.97. The third-order valence-electron chi connectivity index (χ3n) is 3.65. The van der Waals surface area contributed by atoms with Gasteiger partial charge in [0.1, 0.15) is 11.5 Å². The Morgan fingerprint density at radius 1 is 1.14 bits per heavy atom. The van der Waals surface area contributed by atoms with Crippen molar-refractivity contribution in [2.75, 3.05) is 0 Å². The van der Waals surface area contributed by atoms with Crippen LogP contribution in [0.15, 0.2) is 42.5 Å². The molecule has 0 fully saturated rings. The zero-order chi connectivity index (χ0) is 14.1. The first kappa shape index (κ1) is 16.1. The van der Waals surface area contributed by atoms with E-state index in [2.05, 4.69) is 6.92 Å². The number of para-hydroxylation sites is 1. The van der Waals surface area contributed by atoms with Crippen molar-refractivity contribution in [1.29, 1.82) is 0 Å². The molecule has 0 radical (unpaired) electrons. The van der Waals surface area contributed by atoms with Gasteiger partial charge in [0, 0.05) is 11.1 Å². The van der Waals surface area contributed by atoms with Crippen molar-refractivity contribution < 1.29 is 44.2 Å². The second-order valence-corrected chi connectivity index (χ2v) is 4.97. The maximum atomic E-state index is 11.7. The van der Waals surface area contributed by atoms with Gasteiger partial charge >= 0.3 is 29.6 Å². The summed E-state index contributed by atoms with van der Waals surface area (Å²) in [7, 11) is 0. The molecule has 3 nitrogen and oxygen atoms in total. The number of benzene rings is 2. The zero-order valence-electron chi connectivity index (χ0n) is 12.3. The Morgan fingerprint density at radius 2 is 1.86 bits per heavy atom. The first-order chi connectivity index (χ1) is 9.72. The topological polar surface area (TPSA) is 49.4 Å². The first-order valence-electron chi connectivity index (χ1n) is 6.81. The van der Waals surface area contributed by atoms with E-state index in [-0.39, 0.29) is 29.6 Å². The van der Waals surface area contributed by atoms with Gasteiger partial charge in [0.2, 0.25) is 0 Å². The van der Waals surface area contributed by atoms with Crippen molar-refractivity contribution in [3.63, 3.8) is 0 Å². The van der Waals surface area contributed by atoms with Crippen LogP contribution in [0, 0.1) is 0 Å². The van der Waals surface area contributed by atoms with Crippen LogP contribution in [-0.2, 0) is 11.2 Å². The van der Waals surface area contributed by atoms with Gasteiger partial charge in [0.15, 0.2) is 0 Å².